The molecular weight excluding hydrogens is 280 g/mol. The molecule has 0 aromatic heterocycles. The van der Waals surface area contributed by atoms with E-state index in [1.54, 1.807) is 0 Å². The average Bonchev–Trinajstić information content (AvgIpc) is 3.11. The molecule has 0 radical (unpaired) electrons. The lowest BCUT2D eigenvalue weighted by Crippen LogP contribution is -2.53. The smallest absolute Gasteiger partial charge is 0.253 e. The highest BCUT2D eigenvalue weighted by molar-refractivity contribution is 5.81. The third kappa shape index (κ3) is 3.85. The minimum Gasteiger partial charge on any atom is -0.379 e. The number of carbonyl (C=O) groups is 1. The molecule has 2 fully saturated rings. The van der Waals surface area contributed by atoms with Gasteiger partial charge in [0.2, 0.25) is 0 Å². The van der Waals surface area contributed by atoms with Gasteiger partial charge in [0, 0.05) is 26.2 Å². The van der Waals surface area contributed by atoms with E-state index in [9.17, 15) is 4.79 Å². The number of ether oxygens (including phenoxy) is 2. The monoisotopic (exact) mass is 304 g/mol. The van der Waals surface area contributed by atoms with Crippen molar-refractivity contribution in [3.05, 3.63) is 35.9 Å². The SMILES string of the molecule is O=C(C1CNCCO1)N(CCc1ccccc1)C1CCOC1. The summed E-state index contributed by atoms with van der Waals surface area (Å²) in [4.78, 5) is 14.8. The molecule has 5 heteroatoms. The summed E-state index contributed by atoms with van der Waals surface area (Å²) in [5.41, 5.74) is 1.25. The van der Waals surface area contributed by atoms with E-state index < -0.39 is 0 Å². The fourth-order valence-corrected chi connectivity index (χ4v) is 3.04. The van der Waals surface area contributed by atoms with Crippen molar-refractivity contribution in [2.75, 3.05) is 39.5 Å². The van der Waals surface area contributed by atoms with Crippen LogP contribution in [0.4, 0.5) is 0 Å². The Morgan fingerprint density at radius 2 is 2.14 bits per heavy atom. The Balaban J connectivity index is 1.64. The van der Waals surface area contributed by atoms with Gasteiger partial charge in [0.05, 0.1) is 19.3 Å². The molecule has 2 saturated heterocycles. The molecule has 3 rings (SSSR count). The largest absolute Gasteiger partial charge is 0.379 e. The summed E-state index contributed by atoms with van der Waals surface area (Å²) in [5, 5.41) is 3.23. The highest BCUT2D eigenvalue weighted by atomic mass is 16.5. The second-order valence-corrected chi connectivity index (χ2v) is 5.85. The molecule has 1 aromatic rings. The van der Waals surface area contributed by atoms with Gasteiger partial charge in [-0.05, 0) is 18.4 Å². The molecule has 22 heavy (non-hydrogen) atoms. The van der Waals surface area contributed by atoms with Gasteiger partial charge in [0.1, 0.15) is 6.10 Å². The first kappa shape index (κ1) is 15.5. The second-order valence-electron chi connectivity index (χ2n) is 5.85. The van der Waals surface area contributed by atoms with Crippen LogP contribution in [0.2, 0.25) is 0 Å². The molecule has 0 saturated carbocycles. The number of hydrogen-bond donors (Lipinski definition) is 1. The van der Waals surface area contributed by atoms with Gasteiger partial charge in [-0.25, -0.2) is 0 Å². The van der Waals surface area contributed by atoms with Crippen LogP contribution >= 0.6 is 0 Å². The Bertz CT molecular complexity index is 468. The Kier molecular flexibility index (Phi) is 5.43. The van der Waals surface area contributed by atoms with Crippen LogP contribution in [0.15, 0.2) is 30.3 Å². The van der Waals surface area contributed by atoms with Gasteiger partial charge in [-0.15, -0.1) is 0 Å². The lowest BCUT2D eigenvalue weighted by molar-refractivity contribution is -0.147. The molecule has 1 amide bonds. The van der Waals surface area contributed by atoms with E-state index in [1.165, 1.54) is 5.56 Å². The van der Waals surface area contributed by atoms with E-state index in [1.807, 2.05) is 23.1 Å². The van der Waals surface area contributed by atoms with Gasteiger partial charge in [0.25, 0.3) is 5.91 Å². The first-order valence-corrected chi connectivity index (χ1v) is 8.09. The maximum atomic E-state index is 12.8. The topological polar surface area (TPSA) is 50.8 Å². The third-order valence-corrected chi connectivity index (χ3v) is 4.32. The van der Waals surface area contributed by atoms with E-state index in [0.29, 0.717) is 19.8 Å². The summed E-state index contributed by atoms with van der Waals surface area (Å²) in [6, 6.07) is 10.5. The molecule has 1 N–H and O–H groups in total. The molecule has 2 heterocycles. The van der Waals surface area contributed by atoms with Gasteiger partial charge in [-0.3, -0.25) is 4.79 Å². The molecule has 1 aromatic carbocycles. The number of nitrogens with one attached hydrogen (secondary N) is 1. The van der Waals surface area contributed by atoms with Crippen LogP contribution in [-0.2, 0) is 20.7 Å². The van der Waals surface area contributed by atoms with Gasteiger partial charge in [0.15, 0.2) is 0 Å². The van der Waals surface area contributed by atoms with Crippen molar-refractivity contribution >= 4 is 5.91 Å². The number of hydrogen-bond acceptors (Lipinski definition) is 4. The summed E-state index contributed by atoms with van der Waals surface area (Å²) in [5.74, 6) is 0.0960. The van der Waals surface area contributed by atoms with Crippen LogP contribution < -0.4 is 5.32 Å². The molecular formula is C17H24N2O3. The fourth-order valence-electron chi connectivity index (χ4n) is 3.04. The quantitative estimate of drug-likeness (QED) is 0.876. The average molecular weight is 304 g/mol. The highest BCUT2D eigenvalue weighted by Gasteiger charge is 2.32. The zero-order chi connectivity index (χ0) is 15.2. The van der Waals surface area contributed by atoms with E-state index in [0.717, 1.165) is 32.5 Å². The standard InChI is InChI=1S/C17H24N2O3/c20-17(16-12-18-8-11-22-16)19(15-7-10-21-13-15)9-6-14-4-2-1-3-5-14/h1-5,15-16,18H,6-13H2. The lowest BCUT2D eigenvalue weighted by atomic mass is 10.1. The van der Waals surface area contributed by atoms with Crippen LogP contribution in [-0.4, -0.2) is 62.4 Å². The zero-order valence-electron chi connectivity index (χ0n) is 12.9. The van der Waals surface area contributed by atoms with E-state index >= 15 is 0 Å². The van der Waals surface area contributed by atoms with E-state index in [2.05, 4.69) is 17.4 Å². The predicted molar refractivity (Wildman–Crippen MR) is 83.7 cm³/mol. The molecule has 0 aliphatic carbocycles. The Morgan fingerprint density at radius 3 is 2.82 bits per heavy atom. The summed E-state index contributed by atoms with van der Waals surface area (Å²) in [6.45, 7) is 4.12. The Hall–Kier alpha value is -1.43. The van der Waals surface area contributed by atoms with Crippen LogP contribution in [0.5, 0.6) is 0 Å². The molecule has 5 nitrogen and oxygen atoms in total. The van der Waals surface area contributed by atoms with Crippen LogP contribution in [0.3, 0.4) is 0 Å². The van der Waals surface area contributed by atoms with Gasteiger partial charge >= 0.3 is 0 Å². The molecule has 2 atom stereocenters. The van der Waals surface area contributed by atoms with Crippen LogP contribution in [0, 0.1) is 0 Å². The fraction of sp³-hybridized carbons (Fsp3) is 0.588. The highest BCUT2D eigenvalue weighted by Crippen LogP contribution is 2.16. The number of rotatable bonds is 5. The van der Waals surface area contributed by atoms with Crippen molar-refractivity contribution in [2.24, 2.45) is 0 Å². The van der Waals surface area contributed by atoms with Crippen LogP contribution in [0.1, 0.15) is 12.0 Å². The lowest BCUT2D eigenvalue weighted by Gasteiger charge is -2.33. The van der Waals surface area contributed by atoms with Crippen molar-refractivity contribution in [3.63, 3.8) is 0 Å². The molecule has 0 bridgehead atoms. The van der Waals surface area contributed by atoms with Crippen LogP contribution in [0.25, 0.3) is 0 Å². The Labute approximate surface area is 131 Å². The number of benzene rings is 1. The third-order valence-electron chi connectivity index (χ3n) is 4.32. The van der Waals surface area contributed by atoms with Crippen molar-refractivity contribution in [1.82, 2.24) is 10.2 Å². The summed E-state index contributed by atoms with van der Waals surface area (Å²) >= 11 is 0. The molecule has 120 valence electrons. The minimum atomic E-state index is -0.356. The molecule has 2 unspecified atom stereocenters. The number of amides is 1. The number of nitrogens with zero attached hydrogens (tertiary/aromatic N) is 1. The number of carbonyl (C=O) groups excluding carboxylic acids is 1. The maximum Gasteiger partial charge on any atom is 0.253 e. The first-order chi connectivity index (χ1) is 10.8. The summed E-state index contributed by atoms with van der Waals surface area (Å²) in [6.07, 6.45) is 1.43. The van der Waals surface area contributed by atoms with Gasteiger partial charge < -0.3 is 19.7 Å². The predicted octanol–water partition coefficient (Wildman–Crippen LogP) is 0.835. The number of morpholine rings is 1. The Morgan fingerprint density at radius 1 is 1.27 bits per heavy atom. The van der Waals surface area contributed by atoms with Crippen molar-refractivity contribution in [1.29, 1.82) is 0 Å². The van der Waals surface area contributed by atoms with E-state index in [-0.39, 0.29) is 18.1 Å². The van der Waals surface area contributed by atoms with Gasteiger partial charge in [-0.2, -0.15) is 0 Å². The van der Waals surface area contributed by atoms with E-state index in [4.69, 9.17) is 9.47 Å². The normalized spacial score (nSPS) is 25.1. The summed E-state index contributed by atoms with van der Waals surface area (Å²) < 4.78 is 11.1. The van der Waals surface area contributed by atoms with Crippen molar-refractivity contribution in [2.45, 2.75) is 25.0 Å². The molecule has 2 aliphatic heterocycles. The van der Waals surface area contributed by atoms with Gasteiger partial charge in [-0.1, -0.05) is 30.3 Å². The summed E-state index contributed by atoms with van der Waals surface area (Å²) in [7, 11) is 0. The minimum absolute atomic E-state index is 0.0960. The molecule has 2 aliphatic rings. The zero-order valence-corrected chi connectivity index (χ0v) is 12.9. The first-order valence-electron chi connectivity index (χ1n) is 8.09. The molecule has 0 spiro atoms. The second kappa shape index (κ2) is 7.72. The van der Waals surface area contributed by atoms with Crippen molar-refractivity contribution < 1.29 is 14.3 Å². The maximum absolute atomic E-state index is 12.8. The van der Waals surface area contributed by atoms with Crippen molar-refractivity contribution in [3.8, 4) is 0 Å².